The molecule has 1 heteroatoms. The van der Waals surface area contributed by atoms with Crippen molar-refractivity contribution < 1.29 is 4.79 Å². The molecule has 1 aliphatic rings. The van der Waals surface area contributed by atoms with Crippen molar-refractivity contribution in [2.24, 2.45) is 0 Å². The molecule has 0 amide bonds. The summed E-state index contributed by atoms with van der Waals surface area (Å²) in [4.78, 5) is 12.4. The number of allylic oxidation sites excluding steroid dienone is 2. The molecule has 17 heavy (non-hydrogen) atoms. The lowest BCUT2D eigenvalue weighted by atomic mass is 9.99. The van der Waals surface area contributed by atoms with Crippen LogP contribution in [0.25, 0.3) is 5.57 Å². The van der Waals surface area contributed by atoms with Gasteiger partial charge in [0.1, 0.15) is 0 Å². The predicted octanol–water partition coefficient (Wildman–Crippen LogP) is 4.55. The molecular formula is C16H20O. The molecule has 0 bridgehead atoms. The Bertz CT molecular complexity index is 480. The van der Waals surface area contributed by atoms with Crippen molar-refractivity contribution in [3.05, 3.63) is 40.5 Å². The number of carbonyl (C=O) groups is 1. The second kappa shape index (κ2) is 4.87. The van der Waals surface area contributed by atoms with Crippen LogP contribution in [0.1, 0.15) is 61.0 Å². The van der Waals surface area contributed by atoms with Gasteiger partial charge in [0.15, 0.2) is 5.78 Å². The van der Waals surface area contributed by atoms with Crippen molar-refractivity contribution in [2.45, 2.75) is 46.5 Å². The zero-order chi connectivity index (χ0) is 12.4. The normalized spacial score (nSPS) is 14.4. The summed E-state index contributed by atoms with van der Waals surface area (Å²) < 4.78 is 0. The van der Waals surface area contributed by atoms with E-state index in [0.717, 1.165) is 36.8 Å². The van der Waals surface area contributed by atoms with Gasteiger partial charge in [0.25, 0.3) is 0 Å². The molecule has 1 aromatic carbocycles. The van der Waals surface area contributed by atoms with Crippen LogP contribution in [0, 0.1) is 6.92 Å². The van der Waals surface area contributed by atoms with Gasteiger partial charge in [0, 0.05) is 11.1 Å². The molecule has 1 nitrogen and oxygen atoms in total. The van der Waals surface area contributed by atoms with Gasteiger partial charge in [-0.15, -0.1) is 0 Å². The number of Topliss-reactive ketones (excluding diaryl/α,β-unsaturated/α-hetero) is 1. The van der Waals surface area contributed by atoms with Crippen LogP contribution >= 0.6 is 0 Å². The van der Waals surface area contributed by atoms with E-state index in [2.05, 4.69) is 26.0 Å². The summed E-state index contributed by atoms with van der Waals surface area (Å²) in [5.41, 5.74) is 5.65. The first-order chi connectivity index (χ1) is 8.19. The SMILES string of the molecule is CCCC1=C(CCC)c2ccc(C)cc2C1=O. The third-order valence-electron chi connectivity index (χ3n) is 3.38. The average Bonchev–Trinajstić information content (AvgIpc) is 2.56. The molecule has 0 heterocycles. The number of aryl methyl sites for hydroxylation is 1. The van der Waals surface area contributed by atoms with Gasteiger partial charge in [0.2, 0.25) is 0 Å². The van der Waals surface area contributed by atoms with Crippen molar-refractivity contribution >= 4 is 11.4 Å². The highest BCUT2D eigenvalue weighted by Crippen LogP contribution is 2.37. The Hall–Kier alpha value is -1.37. The van der Waals surface area contributed by atoms with Gasteiger partial charge < -0.3 is 0 Å². The Morgan fingerprint density at radius 1 is 0.941 bits per heavy atom. The molecule has 0 radical (unpaired) electrons. The largest absolute Gasteiger partial charge is 0.289 e. The maximum absolute atomic E-state index is 12.4. The molecule has 0 aromatic heterocycles. The molecule has 1 aliphatic carbocycles. The lowest BCUT2D eigenvalue weighted by Gasteiger charge is -2.05. The summed E-state index contributed by atoms with van der Waals surface area (Å²) in [6.45, 7) is 6.36. The van der Waals surface area contributed by atoms with Crippen molar-refractivity contribution in [2.75, 3.05) is 0 Å². The monoisotopic (exact) mass is 228 g/mol. The van der Waals surface area contributed by atoms with Gasteiger partial charge >= 0.3 is 0 Å². The van der Waals surface area contributed by atoms with E-state index in [0.29, 0.717) is 0 Å². The number of benzene rings is 1. The van der Waals surface area contributed by atoms with E-state index in [4.69, 9.17) is 0 Å². The van der Waals surface area contributed by atoms with Crippen molar-refractivity contribution in [3.8, 4) is 0 Å². The van der Waals surface area contributed by atoms with Crippen LogP contribution in [0.2, 0.25) is 0 Å². The Kier molecular flexibility index (Phi) is 3.46. The first kappa shape index (κ1) is 12.1. The van der Waals surface area contributed by atoms with Crippen LogP contribution in [0.5, 0.6) is 0 Å². The van der Waals surface area contributed by atoms with Crippen LogP contribution in [-0.2, 0) is 0 Å². The fraction of sp³-hybridized carbons (Fsp3) is 0.438. The zero-order valence-corrected chi connectivity index (χ0v) is 11.0. The number of hydrogen-bond acceptors (Lipinski definition) is 1. The molecule has 0 fully saturated rings. The average molecular weight is 228 g/mol. The van der Waals surface area contributed by atoms with Gasteiger partial charge in [-0.3, -0.25) is 4.79 Å². The molecule has 90 valence electrons. The fourth-order valence-corrected chi connectivity index (χ4v) is 2.62. The van der Waals surface area contributed by atoms with E-state index in [1.807, 2.05) is 13.0 Å². The van der Waals surface area contributed by atoms with Gasteiger partial charge in [-0.25, -0.2) is 0 Å². The third kappa shape index (κ3) is 2.06. The molecule has 0 saturated carbocycles. The van der Waals surface area contributed by atoms with Gasteiger partial charge in [0.05, 0.1) is 0 Å². The Balaban J connectivity index is 2.51. The quantitative estimate of drug-likeness (QED) is 0.739. The van der Waals surface area contributed by atoms with E-state index in [9.17, 15) is 4.79 Å². The summed E-state index contributed by atoms with van der Waals surface area (Å²) >= 11 is 0. The van der Waals surface area contributed by atoms with Crippen LogP contribution in [0.4, 0.5) is 0 Å². The highest BCUT2D eigenvalue weighted by molar-refractivity contribution is 6.20. The number of hydrogen-bond donors (Lipinski definition) is 0. The first-order valence-electron chi connectivity index (χ1n) is 6.56. The number of carbonyl (C=O) groups excluding carboxylic acids is 1. The molecular weight excluding hydrogens is 208 g/mol. The van der Waals surface area contributed by atoms with Crippen LogP contribution in [-0.4, -0.2) is 5.78 Å². The molecule has 0 spiro atoms. The Morgan fingerprint density at radius 2 is 1.59 bits per heavy atom. The first-order valence-corrected chi connectivity index (χ1v) is 6.56. The van der Waals surface area contributed by atoms with E-state index < -0.39 is 0 Å². The third-order valence-corrected chi connectivity index (χ3v) is 3.38. The number of fused-ring (bicyclic) bond motifs is 1. The molecule has 0 N–H and O–H groups in total. The fourth-order valence-electron chi connectivity index (χ4n) is 2.62. The van der Waals surface area contributed by atoms with Gasteiger partial charge in [-0.1, -0.05) is 44.4 Å². The second-order valence-corrected chi connectivity index (χ2v) is 4.84. The number of ketones is 1. The lowest BCUT2D eigenvalue weighted by Crippen LogP contribution is -1.98. The van der Waals surface area contributed by atoms with E-state index in [1.54, 1.807) is 0 Å². The molecule has 0 saturated heterocycles. The minimum Gasteiger partial charge on any atom is -0.289 e. The smallest absolute Gasteiger partial charge is 0.189 e. The molecule has 1 aromatic rings. The summed E-state index contributed by atoms with van der Waals surface area (Å²) in [6.07, 6.45) is 4.09. The van der Waals surface area contributed by atoms with E-state index in [1.165, 1.54) is 16.7 Å². The minimum absolute atomic E-state index is 0.272. The number of rotatable bonds is 4. The van der Waals surface area contributed by atoms with Crippen molar-refractivity contribution in [1.29, 1.82) is 0 Å². The van der Waals surface area contributed by atoms with Crippen LogP contribution < -0.4 is 0 Å². The van der Waals surface area contributed by atoms with Crippen molar-refractivity contribution in [1.82, 2.24) is 0 Å². The van der Waals surface area contributed by atoms with E-state index in [-0.39, 0.29) is 5.78 Å². The minimum atomic E-state index is 0.272. The molecule has 0 atom stereocenters. The lowest BCUT2D eigenvalue weighted by molar-refractivity contribution is 0.103. The zero-order valence-electron chi connectivity index (χ0n) is 11.0. The molecule has 2 rings (SSSR count). The highest BCUT2D eigenvalue weighted by atomic mass is 16.1. The Labute approximate surface area is 104 Å². The van der Waals surface area contributed by atoms with Crippen LogP contribution in [0.3, 0.4) is 0 Å². The molecule has 0 aliphatic heterocycles. The van der Waals surface area contributed by atoms with E-state index >= 15 is 0 Å². The summed E-state index contributed by atoms with van der Waals surface area (Å²) in [7, 11) is 0. The summed E-state index contributed by atoms with van der Waals surface area (Å²) in [5.74, 6) is 0.272. The Morgan fingerprint density at radius 3 is 2.24 bits per heavy atom. The van der Waals surface area contributed by atoms with Gasteiger partial charge in [-0.05, 0) is 37.0 Å². The molecule has 0 unspecified atom stereocenters. The second-order valence-electron chi connectivity index (χ2n) is 4.84. The highest BCUT2D eigenvalue weighted by Gasteiger charge is 2.27. The maximum Gasteiger partial charge on any atom is 0.189 e. The van der Waals surface area contributed by atoms with Crippen LogP contribution in [0.15, 0.2) is 23.8 Å². The summed E-state index contributed by atoms with van der Waals surface area (Å²) in [6, 6.07) is 6.27. The van der Waals surface area contributed by atoms with Gasteiger partial charge in [-0.2, -0.15) is 0 Å². The standard InChI is InChI=1S/C16H20O/c1-4-6-12-13-9-8-11(3)10-15(13)16(17)14(12)7-5-2/h8-10H,4-7H2,1-3H3. The van der Waals surface area contributed by atoms with Crippen molar-refractivity contribution in [3.63, 3.8) is 0 Å². The predicted molar refractivity (Wildman–Crippen MR) is 72.2 cm³/mol. The summed E-state index contributed by atoms with van der Waals surface area (Å²) in [5, 5.41) is 0. The maximum atomic E-state index is 12.4. The topological polar surface area (TPSA) is 17.1 Å².